The Morgan fingerprint density at radius 2 is 0.939 bits per heavy atom. The maximum absolute atomic E-state index is 5.51. The summed E-state index contributed by atoms with van der Waals surface area (Å²) >= 11 is 1.86. The van der Waals surface area contributed by atoms with Crippen LogP contribution in [0.2, 0.25) is 0 Å². The van der Waals surface area contributed by atoms with Crippen molar-refractivity contribution in [2.75, 3.05) is 0 Å². The number of aromatic nitrogens is 2. The summed E-state index contributed by atoms with van der Waals surface area (Å²) in [6, 6.07) is 58.6. The number of hydrogen-bond acceptors (Lipinski definition) is 3. The Labute approximate surface area is 287 Å². The maximum Gasteiger partial charge on any atom is 0.0979 e. The molecule has 10 aromatic rings. The van der Waals surface area contributed by atoms with Crippen LogP contribution in [0.15, 0.2) is 170 Å². The zero-order valence-electron chi connectivity index (χ0n) is 26.5. The Morgan fingerprint density at radius 1 is 0.367 bits per heavy atom. The van der Waals surface area contributed by atoms with Gasteiger partial charge in [-0.1, -0.05) is 146 Å². The topological polar surface area (TPSA) is 25.8 Å². The van der Waals surface area contributed by atoms with Gasteiger partial charge in [0.05, 0.1) is 22.9 Å². The molecule has 2 heterocycles. The second-order valence-corrected chi connectivity index (χ2v) is 13.6. The number of rotatable bonds is 4. The van der Waals surface area contributed by atoms with Crippen molar-refractivity contribution >= 4 is 64.1 Å². The van der Waals surface area contributed by atoms with E-state index < -0.39 is 0 Å². The first-order valence-corrected chi connectivity index (χ1v) is 17.4. The minimum atomic E-state index is 0.867. The van der Waals surface area contributed by atoms with Crippen LogP contribution in [0.1, 0.15) is 0 Å². The van der Waals surface area contributed by atoms with Crippen LogP contribution in [0.5, 0.6) is 0 Å². The molecule has 228 valence electrons. The summed E-state index contributed by atoms with van der Waals surface area (Å²) < 4.78 is 2.60. The SMILES string of the molecule is c1ccc(-c2ccc3c4ccc(-c5ccccc5)cc4c4nc(-c5ccccc5-c5cccc6c5sc5ccccc56)cnc4c3c2)cc1. The van der Waals surface area contributed by atoms with E-state index in [1.165, 1.54) is 58.8 Å². The molecule has 8 aromatic carbocycles. The standard InChI is InChI=1S/C46H28N2S/c1-3-12-29(13-4-1)31-22-24-34-35-25-23-32(30-14-5-2-6-15-30)27-41(35)45-44(40(34)26-31)47-28-42(48-45)36-17-8-7-16-33(36)38-19-11-20-39-37-18-9-10-21-43(37)49-46(38)39/h1-28H. The molecule has 0 aliphatic heterocycles. The first-order chi connectivity index (χ1) is 24.3. The normalized spacial score (nSPS) is 11.7. The number of benzene rings is 8. The molecular formula is C46H28N2S. The molecule has 0 saturated carbocycles. The highest BCUT2D eigenvalue weighted by molar-refractivity contribution is 7.26. The summed E-state index contributed by atoms with van der Waals surface area (Å²) in [7, 11) is 0. The molecule has 10 rings (SSSR count). The van der Waals surface area contributed by atoms with Gasteiger partial charge in [-0.05, 0) is 56.8 Å². The number of nitrogens with zero attached hydrogens (tertiary/aromatic N) is 2. The molecule has 49 heavy (non-hydrogen) atoms. The highest BCUT2D eigenvalue weighted by Gasteiger charge is 2.18. The van der Waals surface area contributed by atoms with Crippen molar-refractivity contribution in [1.82, 2.24) is 9.97 Å². The molecule has 2 aromatic heterocycles. The van der Waals surface area contributed by atoms with E-state index in [-0.39, 0.29) is 0 Å². The zero-order valence-corrected chi connectivity index (χ0v) is 27.3. The third-order valence-electron chi connectivity index (χ3n) is 9.72. The largest absolute Gasteiger partial charge is 0.252 e. The monoisotopic (exact) mass is 640 g/mol. The summed E-state index contributed by atoms with van der Waals surface area (Å²) in [5.41, 5.74) is 10.9. The Morgan fingerprint density at radius 3 is 1.65 bits per heavy atom. The second kappa shape index (κ2) is 11.2. The van der Waals surface area contributed by atoms with Crippen molar-refractivity contribution < 1.29 is 0 Å². The highest BCUT2D eigenvalue weighted by atomic mass is 32.1. The average Bonchev–Trinajstić information content (AvgIpc) is 3.57. The van der Waals surface area contributed by atoms with Crippen LogP contribution in [-0.4, -0.2) is 9.97 Å². The molecule has 0 atom stereocenters. The third kappa shape index (κ3) is 4.55. The van der Waals surface area contributed by atoms with Crippen LogP contribution in [0.4, 0.5) is 0 Å². The minimum absolute atomic E-state index is 0.867. The van der Waals surface area contributed by atoms with Crippen molar-refractivity contribution in [3.63, 3.8) is 0 Å². The van der Waals surface area contributed by atoms with E-state index in [4.69, 9.17) is 9.97 Å². The van der Waals surface area contributed by atoms with E-state index in [1.807, 2.05) is 17.5 Å². The van der Waals surface area contributed by atoms with Crippen molar-refractivity contribution in [2.45, 2.75) is 0 Å². The van der Waals surface area contributed by atoms with Crippen LogP contribution in [-0.2, 0) is 0 Å². The lowest BCUT2D eigenvalue weighted by Crippen LogP contribution is -1.94. The van der Waals surface area contributed by atoms with Gasteiger partial charge >= 0.3 is 0 Å². The minimum Gasteiger partial charge on any atom is -0.252 e. The molecule has 0 bridgehead atoms. The Bertz CT molecular complexity index is 2870. The summed E-state index contributed by atoms with van der Waals surface area (Å²) in [4.78, 5) is 10.8. The lowest BCUT2D eigenvalue weighted by atomic mass is 9.93. The first-order valence-electron chi connectivity index (χ1n) is 16.6. The molecule has 0 saturated heterocycles. The molecule has 0 spiro atoms. The molecule has 2 nitrogen and oxygen atoms in total. The predicted octanol–water partition coefficient (Wildman–Crippen LogP) is 13.0. The molecule has 3 heteroatoms. The first kappa shape index (κ1) is 27.9. The zero-order chi connectivity index (χ0) is 32.3. The molecule has 0 aliphatic carbocycles. The van der Waals surface area contributed by atoms with Gasteiger partial charge in [-0.25, -0.2) is 4.98 Å². The molecule has 0 fully saturated rings. The number of fused-ring (bicyclic) bond motifs is 9. The molecule has 0 unspecified atom stereocenters. The molecular weight excluding hydrogens is 613 g/mol. The third-order valence-corrected chi connectivity index (χ3v) is 10.9. The van der Waals surface area contributed by atoms with E-state index in [9.17, 15) is 0 Å². The Balaban J connectivity index is 1.24. The Kier molecular flexibility index (Phi) is 6.39. The smallest absolute Gasteiger partial charge is 0.0979 e. The van der Waals surface area contributed by atoms with E-state index in [0.29, 0.717) is 0 Å². The summed E-state index contributed by atoms with van der Waals surface area (Å²) in [5, 5.41) is 7.16. The maximum atomic E-state index is 5.51. The summed E-state index contributed by atoms with van der Waals surface area (Å²) in [6.07, 6.45) is 1.97. The van der Waals surface area contributed by atoms with Crippen molar-refractivity contribution in [2.24, 2.45) is 0 Å². The van der Waals surface area contributed by atoms with Crippen LogP contribution in [0.3, 0.4) is 0 Å². The van der Waals surface area contributed by atoms with Crippen LogP contribution in [0.25, 0.3) is 97.4 Å². The fourth-order valence-corrected chi connectivity index (χ4v) is 8.61. The summed E-state index contributed by atoms with van der Waals surface area (Å²) in [5.74, 6) is 0. The summed E-state index contributed by atoms with van der Waals surface area (Å²) in [6.45, 7) is 0. The van der Waals surface area contributed by atoms with Crippen molar-refractivity contribution in [3.05, 3.63) is 170 Å². The van der Waals surface area contributed by atoms with Crippen LogP contribution < -0.4 is 0 Å². The number of hydrogen-bond donors (Lipinski definition) is 0. The molecule has 0 aliphatic rings. The van der Waals surface area contributed by atoms with E-state index >= 15 is 0 Å². The Hall–Kier alpha value is -6.16. The van der Waals surface area contributed by atoms with E-state index in [2.05, 4.69) is 164 Å². The van der Waals surface area contributed by atoms with Gasteiger partial charge in [0.15, 0.2) is 0 Å². The number of thiophene rings is 1. The lowest BCUT2D eigenvalue weighted by molar-refractivity contribution is 1.31. The van der Waals surface area contributed by atoms with E-state index in [0.717, 1.165) is 38.6 Å². The van der Waals surface area contributed by atoms with Gasteiger partial charge in [0.1, 0.15) is 0 Å². The average molecular weight is 641 g/mol. The van der Waals surface area contributed by atoms with Crippen molar-refractivity contribution in [1.29, 1.82) is 0 Å². The quantitative estimate of drug-likeness (QED) is 0.179. The van der Waals surface area contributed by atoms with Gasteiger partial charge in [-0.15, -0.1) is 11.3 Å². The van der Waals surface area contributed by atoms with Crippen molar-refractivity contribution in [3.8, 4) is 44.6 Å². The molecule has 0 amide bonds. The lowest BCUT2D eigenvalue weighted by Gasteiger charge is -2.15. The molecule has 0 N–H and O–H groups in total. The van der Waals surface area contributed by atoms with E-state index in [1.54, 1.807) is 0 Å². The predicted molar refractivity (Wildman–Crippen MR) is 209 cm³/mol. The highest BCUT2D eigenvalue weighted by Crippen LogP contribution is 2.43. The van der Waals surface area contributed by atoms with Gasteiger partial charge in [0.25, 0.3) is 0 Å². The van der Waals surface area contributed by atoms with Gasteiger partial charge in [0.2, 0.25) is 0 Å². The van der Waals surface area contributed by atoms with Crippen LogP contribution in [0, 0.1) is 0 Å². The van der Waals surface area contributed by atoms with Gasteiger partial charge in [-0.2, -0.15) is 0 Å². The van der Waals surface area contributed by atoms with Crippen LogP contribution >= 0.6 is 11.3 Å². The van der Waals surface area contributed by atoms with Gasteiger partial charge < -0.3 is 0 Å². The fourth-order valence-electron chi connectivity index (χ4n) is 7.37. The fraction of sp³-hybridized carbons (Fsp3) is 0. The molecule has 0 radical (unpaired) electrons. The van der Waals surface area contributed by atoms with Gasteiger partial charge in [0, 0.05) is 42.1 Å². The second-order valence-electron chi connectivity index (χ2n) is 12.5. The van der Waals surface area contributed by atoms with Gasteiger partial charge in [-0.3, -0.25) is 4.98 Å².